The minimum absolute atomic E-state index is 0.131. The highest BCUT2D eigenvalue weighted by Crippen LogP contribution is 2.32. The van der Waals surface area contributed by atoms with Gasteiger partial charge in [0, 0.05) is 39.4 Å². The highest BCUT2D eigenvalue weighted by atomic mass is 32.2. The molecule has 1 aliphatic heterocycles. The normalized spacial score (nSPS) is 20.8. The van der Waals surface area contributed by atoms with Gasteiger partial charge in [-0.25, -0.2) is 18.4 Å². The first kappa shape index (κ1) is 14.9. The van der Waals surface area contributed by atoms with Crippen LogP contribution in [-0.2, 0) is 17.1 Å². The third kappa shape index (κ3) is 2.59. The van der Waals surface area contributed by atoms with Gasteiger partial charge in [-0.2, -0.15) is 4.31 Å². The summed E-state index contributed by atoms with van der Waals surface area (Å²) in [6, 6.07) is 2.02. The lowest BCUT2D eigenvalue weighted by Gasteiger charge is -2.23. The number of sulfonamides is 1. The molecule has 7 nitrogen and oxygen atoms in total. The molecule has 0 atom stereocenters. The minimum Gasteiger partial charge on any atom is -0.355 e. The summed E-state index contributed by atoms with van der Waals surface area (Å²) in [4.78, 5) is 11.0. The second kappa shape index (κ2) is 5.45. The van der Waals surface area contributed by atoms with Crippen LogP contribution in [-0.4, -0.2) is 58.7 Å². The first-order chi connectivity index (χ1) is 11.1. The zero-order valence-electron chi connectivity index (χ0n) is 13.2. The molecule has 4 rings (SSSR count). The van der Waals surface area contributed by atoms with Crippen molar-refractivity contribution in [1.82, 2.24) is 18.8 Å². The van der Waals surface area contributed by atoms with Gasteiger partial charge in [-0.3, -0.25) is 0 Å². The number of hydrogen-bond acceptors (Lipinski definition) is 5. The first-order valence-corrected chi connectivity index (χ1v) is 9.57. The number of fused-ring (bicyclic) bond motifs is 1. The van der Waals surface area contributed by atoms with E-state index in [9.17, 15) is 8.42 Å². The number of aromatic nitrogens is 3. The van der Waals surface area contributed by atoms with Crippen LogP contribution in [0.3, 0.4) is 0 Å². The largest absolute Gasteiger partial charge is 0.355 e. The SMILES string of the molecule is Cn1ccc2c(N3CCCN(S(=O)(=O)C4CC4)CC3)ncnc21. The Morgan fingerprint density at radius 2 is 1.96 bits per heavy atom. The van der Waals surface area contributed by atoms with Crippen molar-refractivity contribution >= 4 is 26.9 Å². The maximum Gasteiger partial charge on any atom is 0.217 e. The van der Waals surface area contributed by atoms with Gasteiger partial charge in [0.2, 0.25) is 10.0 Å². The zero-order chi connectivity index (χ0) is 16.0. The maximum absolute atomic E-state index is 12.4. The zero-order valence-corrected chi connectivity index (χ0v) is 14.0. The summed E-state index contributed by atoms with van der Waals surface area (Å²) in [7, 11) is -1.12. The molecule has 3 heterocycles. The molecule has 0 spiro atoms. The van der Waals surface area contributed by atoms with Crippen LogP contribution in [0.25, 0.3) is 11.0 Å². The van der Waals surface area contributed by atoms with Gasteiger partial charge in [0.1, 0.15) is 17.8 Å². The molecule has 0 bridgehead atoms. The molecular weight excluding hydrogens is 314 g/mol. The van der Waals surface area contributed by atoms with Crippen molar-refractivity contribution in [2.45, 2.75) is 24.5 Å². The standard InChI is InChI=1S/C15H21N5O2S/c1-18-8-5-13-14(18)16-11-17-15(13)19-6-2-7-20(10-9-19)23(21,22)12-3-4-12/h5,8,11-12H,2-4,6-7,9-10H2,1H3. The van der Waals surface area contributed by atoms with Gasteiger partial charge in [0.15, 0.2) is 0 Å². The Morgan fingerprint density at radius 3 is 2.74 bits per heavy atom. The highest BCUT2D eigenvalue weighted by Gasteiger charge is 2.40. The number of hydrogen-bond donors (Lipinski definition) is 0. The lowest BCUT2D eigenvalue weighted by molar-refractivity contribution is 0.432. The van der Waals surface area contributed by atoms with Gasteiger partial charge in [0.25, 0.3) is 0 Å². The average Bonchev–Trinajstić information content (AvgIpc) is 3.35. The van der Waals surface area contributed by atoms with Gasteiger partial charge < -0.3 is 9.47 Å². The average molecular weight is 335 g/mol. The summed E-state index contributed by atoms with van der Waals surface area (Å²) in [5, 5.41) is 0.891. The van der Waals surface area contributed by atoms with Crippen LogP contribution < -0.4 is 4.90 Å². The topological polar surface area (TPSA) is 71.3 Å². The van der Waals surface area contributed by atoms with E-state index in [0.29, 0.717) is 19.6 Å². The monoisotopic (exact) mass is 335 g/mol. The molecule has 2 aromatic heterocycles. The molecule has 0 amide bonds. The summed E-state index contributed by atoms with van der Waals surface area (Å²) in [5.74, 6) is 0.904. The third-order valence-electron chi connectivity index (χ3n) is 4.70. The Hall–Kier alpha value is -1.67. The van der Waals surface area contributed by atoms with Gasteiger partial charge in [-0.15, -0.1) is 0 Å². The van der Waals surface area contributed by atoms with Crippen molar-refractivity contribution in [3.8, 4) is 0 Å². The Morgan fingerprint density at radius 1 is 1.13 bits per heavy atom. The fourth-order valence-corrected chi connectivity index (χ4v) is 5.13. The van der Waals surface area contributed by atoms with Crippen LogP contribution in [0.5, 0.6) is 0 Å². The van der Waals surface area contributed by atoms with E-state index in [0.717, 1.165) is 42.7 Å². The summed E-state index contributed by atoms with van der Waals surface area (Å²) in [6.07, 6.45) is 6.02. The highest BCUT2D eigenvalue weighted by molar-refractivity contribution is 7.90. The van der Waals surface area contributed by atoms with Crippen molar-refractivity contribution < 1.29 is 8.42 Å². The van der Waals surface area contributed by atoms with E-state index in [-0.39, 0.29) is 5.25 Å². The summed E-state index contributed by atoms with van der Waals surface area (Å²) < 4.78 is 28.5. The van der Waals surface area contributed by atoms with Crippen molar-refractivity contribution in [3.05, 3.63) is 18.6 Å². The van der Waals surface area contributed by atoms with Crippen LogP contribution in [0.15, 0.2) is 18.6 Å². The maximum atomic E-state index is 12.4. The van der Waals surface area contributed by atoms with Crippen LogP contribution in [0.2, 0.25) is 0 Å². The molecule has 1 aliphatic carbocycles. The molecule has 1 saturated heterocycles. The molecule has 0 unspecified atom stereocenters. The van der Waals surface area contributed by atoms with Gasteiger partial charge in [-0.1, -0.05) is 0 Å². The van der Waals surface area contributed by atoms with Crippen molar-refractivity contribution in [3.63, 3.8) is 0 Å². The fourth-order valence-electron chi connectivity index (χ4n) is 3.25. The van der Waals surface area contributed by atoms with Crippen molar-refractivity contribution in [2.24, 2.45) is 7.05 Å². The summed E-state index contributed by atoms with van der Waals surface area (Å²) in [6.45, 7) is 2.64. The fraction of sp³-hybridized carbons (Fsp3) is 0.600. The van der Waals surface area contributed by atoms with Gasteiger partial charge in [0.05, 0.1) is 10.6 Å². The van der Waals surface area contributed by atoms with E-state index in [4.69, 9.17) is 0 Å². The molecule has 2 fully saturated rings. The minimum atomic E-state index is -3.09. The Bertz CT molecular complexity index is 828. The third-order valence-corrected chi connectivity index (χ3v) is 7.10. The summed E-state index contributed by atoms with van der Waals surface area (Å²) in [5.41, 5.74) is 0.904. The predicted octanol–water partition coefficient (Wildman–Crippen LogP) is 0.973. The molecule has 0 aromatic carbocycles. The van der Waals surface area contributed by atoms with Crippen LogP contribution in [0, 0.1) is 0 Å². The number of anilines is 1. The van der Waals surface area contributed by atoms with Crippen molar-refractivity contribution in [2.75, 3.05) is 31.1 Å². The van der Waals surface area contributed by atoms with Crippen LogP contribution in [0.4, 0.5) is 5.82 Å². The quantitative estimate of drug-likeness (QED) is 0.836. The molecule has 8 heteroatoms. The molecule has 1 saturated carbocycles. The van der Waals surface area contributed by atoms with E-state index in [1.54, 1.807) is 10.6 Å². The smallest absolute Gasteiger partial charge is 0.217 e. The number of rotatable bonds is 3. The van der Waals surface area contributed by atoms with Crippen LogP contribution >= 0.6 is 0 Å². The lowest BCUT2D eigenvalue weighted by atomic mass is 10.3. The molecule has 124 valence electrons. The Kier molecular flexibility index (Phi) is 3.53. The van der Waals surface area contributed by atoms with Gasteiger partial charge >= 0.3 is 0 Å². The molecule has 0 radical (unpaired) electrons. The molecule has 2 aromatic rings. The lowest BCUT2D eigenvalue weighted by Crippen LogP contribution is -2.37. The van der Waals surface area contributed by atoms with Gasteiger partial charge in [-0.05, 0) is 25.3 Å². The van der Waals surface area contributed by atoms with E-state index < -0.39 is 10.0 Å². The second-order valence-corrected chi connectivity index (χ2v) is 8.56. The van der Waals surface area contributed by atoms with Crippen LogP contribution in [0.1, 0.15) is 19.3 Å². The molecular formula is C15H21N5O2S. The molecule has 0 N–H and O–H groups in total. The molecule has 2 aliphatic rings. The molecule has 23 heavy (non-hydrogen) atoms. The Labute approximate surface area is 136 Å². The van der Waals surface area contributed by atoms with E-state index >= 15 is 0 Å². The van der Waals surface area contributed by atoms with E-state index in [2.05, 4.69) is 14.9 Å². The second-order valence-electron chi connectivity index (χ2n) is 6.35. The van der Waals surface area contributed by atoms with E-state index in [1.165, 1.54) is 0 Å². The Balaban J connectivity index is 1.58. The first-order valence-electron chi connectivity index (χ1n) is 8.07. The number of nitrogens with zero attached hydrogens (tertiary/aromatic N) is 5. The summed E-state index contributed by atoms with van der Waals surface area (Å²) >= 11 is 0. The number of aryl methyl sites for hydroxylation is 1. The van der Waals surface area contributed by atoms with Crippen molar-refractivity contribution in [1.29, 1.82) is 0 Å². The predicted molar refractivity (Wildman–Crippen MR) is 88.9 cm³/mol. The van der Waals surface area contributed by atoms with E-state index in [1.807, 2.05) is 23.9 Å².